The number of nitrogens with two attached hydrogens (primary N) is 1. The summed E-state index contributed by atoms with van der Waals surface area (Å²) >= 11 is 6.15. The van der Waals surface area contributed by atoms with Gasteiger partial charge in [-0.2, -0.15) is 5.10 Å². The number of hydrogen-bond acceptors (Lipinski definition) is 4. The van der Waals surface area contributed by atoms with Gasteiger partial charge in [0.15, 0.2) is 0 Å². The Balaban J connectivity index is 2.18. The molecule has 1 aliphatic rings. The molecule has 1 fully saturated rings. The first-order valence-electron chi connectivity index (χ1n) is 6.56. The number of nitrogens with zero attached hydrogens (tertiary/aromatic N) is 2. The number of hydrogen-bond donors (Lipinski definition) is 1. The predicted molar refractivity (Wildman–Crippen MR) is 73.2 cm³/mol. The number of esters is 1. The largest absolute Gasteiger partial charge is 0.465 e. The van der Waals surface area contributed by atoms with Gasteiger partial charge in [0, 0.05) is 0 Å². The van der Waals surface area contributed by atoms with E-state index >= 15 is 0 Å². The summed E-state index contributed by atoms with van der Waals surface area (Å²) in [5.41, 5.74) is 7.01. The Labute approximate surface area is 118 Å². The van der Waals surface area contributed by atoms with E-state index in [1.807, 2.05) is 18.5 Å². The van der Waals surface area contributed by atoms with Gasteiger partial charge in [0.25, 0.3) is 0 Å². The molecule has 2 rings (SSSR count). The average Bonchev–Trinajstić information content (AvgIpc) is 2.87. The van der Waals surface area contributed by atoms with Crippen LogP contribution in [0.1, 0.15) is 43.6 Å². The third kappa shape index (κ3) is 2.49. The molecule has 0 bridgehead atoms. The zero-order valence-corrected chi connectivity index (χ0v) is 12.3. The Bertz CT molecular complexity index is 500. The highest BCUT2D eigenvalue weighted by Gasteiger charge is 2.44. The van der Waals surface area contributed by atoms with Crippen LogP contribution in [0.25, 0.3) is 0 Å². The van der Waals surface area contributed by atoms with Crippen LogP contribution in [0.4, 0.5) is 0 Å². The molecule has 0 aliphatic heterocycles. The topological polar surface area (TPSA) is 70.1 Å². The van der Waals surface area contributed by atoms with Gasteiger partial charge in [0.2, 0.25) is 0 Å². The number of ether oxygens (including phenoxy) is 1. The van der Waals surface area contributed by atoms with Crippen LogP contribution in [0, 0.1) is 13.8 Å². The number of carbonyl (C=O) groups excluding carboxylic acids is 1. The van der Waals surface area contributed by atoms with E-state index in [1.165, 1.54) is 0 Å². The molecule has 0 amide bonds. The van der Waals surface area contributed by atoms with Crippen LogP contribution in [-0.2, 0) is 9.53 Å². The lowest BCUT2D eigenvalue weighted by atomic mass is 9.99. The van der Waals surface area contributed by atoms with Crippen LogP contribution in [-0.4, -0.2) is 27.9 Å². The second kappa shape index (κ2) is 5.13. The van der Waals surface area contributed by atoms with Crippen LogP contribution in [0.5, 0.6) is 0 Å². The molecule has 19 heavy (non-hydrogen) atoms. The zero-order chi connectivity index (χ0) is 14.2. The lowest BCUT2D eigenvalue weighted by molar-refractivity contribution is -0.149. The maximum absolute atomic E-state index is 11.9. The molecular weight excluding hydrogens is 266 g/mol. The van der Waals surface area contributed by atoms with Crippen molar-refractivity contribution in [1.29, 1.82) is 0 Å². The van der Waals surface area contributed by atoms with Crippen LogP contribution in [0.3, 0.4) is 0 Å². The van der Waals surface area contributed by atoms with Crippen molar-refractivity contribution in [2.45, 2.75) is 51.6 Å². The van der Waals surface area contributed by atoms with E-state index in [9.17, 15) is 4.79 Å². The summed E-state index contributed by atoms with van der Waals surface area (Å²) in [6, 6.07) is 0.112. The Hall–Kier alpha value is -1.07. The minimum atomic E-state index is -0.889. The summed E-state index contributed by atoms with van der Waals surface area (Å²) in [7, 11) is 0. The number of aromatic nitrogens is 2. The van der Waals surface area contributed by atoms with Gasteiger partial charge in [-0.25, -0.2) is 0 Å². The van der Waals surface area contributed by atoms with Gasteiger partial charge in [-0.3, -0.25) is 9.48 Å². The molecule has 106 valence electrons. The third-order valence-corrected chi connectivity index (χ3v) is 4.34. The minimum absolute atomic E-state index is 0.112. The molecule has 5 nitrogen and oxygen atoms in total. The van der Waals surface area contributed by atoms with E-state index < -0.39 is 5.54 Å². The Morgan fingerprint density at radius 2 is 2.32 bits per heavy atom. The normalized spacial score (nSPS) is 26.7. The molecule has 2 N–H and O–H groups in total. The summed E-state index contributed by atoms with van der Waals surface area (Å²) in [6.45, 7) is 5.95. The van der Waals surface area contributed by atoms with Crippen LogP contribution in [0.2, 0.25) is 5.02 Å². The van der Waals surface area contributed by atoms with Gasteiger partial charge in [0.1, 0.15) is 5.54 Å². The van der Waals surface area contributed by atoms with E-state index in [1.54, 1.807) is 6.92 Å². The second-order valence-electron chi connectivity index (χ2n) is 5.20. The van der Waals surface area contributed by atoms with Crippen molar-refractivity contribution in [3.05, 3.63) is 16.4 Å². The fraction of sp³-hybridized carbons (Fsp3) is 0.692. The first kappa shape index (κ1) is 14.3. The van der Waals surface area contributed by atoms with Gasteiger partial charge < -0.3 is 10.5 Å². The molecular formula is C13H20ClN3O2. The molecule has 0 spiro atoms. The van der Waals surface area contributed by atoms with E-state index in [2.05, 4.69) is 5.10 Å². The number of halogens is 1. The molecule has 1 aromatic rings. The first-order valence-corrected chi connectivity index (χ1v) is 6.94. The summed E-state index contributed by atoms with van der Waals surface area (Å²) in [4.78, 5) is 11.9. The van der Waals surface area contributed by atoms with Crippen molar-refractivity contribution in [3.8, 4) is 0 Å². The fourth-order valence-electron chi connectivity index (χ4n) is 2.72. The Morgan fingerprint density at radius 1 is 1.63 bits per heavy atom. The van der Waals surface area contributed by atoms with Crippen molar-refractivity contribution in [2.75, 3.05) is 6.61 Å². The minimum Gasteiger partial charge on any atom is -0.465 e. The standard InChI is InChI=1S/C13H20ClN3O2/c1-4-19-12(18)13(15)6-5-10(7-13)17-9(3)11(14)8(2)16-17/h10H,4-7,15H2,1-3H3. The molecule has 2 atom stereocenters. The summed E-state index contributed by atoms with van der Waals surface area (Å²) < 4.78 is 6.95. The summed E-state index contributed by atoms with van der Waals surface area (Å²) in [5, 5.41) is 5.13. The van der Waals surface area contributed by atoms with Crippen LogP contribution < -0.4 is 5.73 Å². The quantitative estimate of drug-likeness (QED) is 0.864. The van der Waals surface area contributed by atoms with Gasteiger partial charge in [0.05, 0.1) is 29.1 Å². The molecule has 0 aromatic carbocycles. The first-order chi connectivity index (χ1) is 8.89. The van der Waals surface area contributed by atoms with E-state index in [4.69, 9.17) is 22.1 Å². The Kier molecular flexibility index (Phi) is 3.87. The van der Waals surface area contributed by atoms with Crippen molar-refractivity contribution in [2.24, 2.45) is 5.73 Å². The molecule has 0 saturated heterocycles. The molecule has 1 aromatic heterocycles. The molecule has 1 aliphatic carbocycles. The van der Waals surface area contributed by atoms with Crippen LogP contribution in [0.15, 0.2) is 0 Å². The highest BCUT2D eigenvalue weighted by molar-refractivity contribution is 6.31. The predicted octanol–water partition coefficient (Wildman–Crippen LogP) is 2.14. The SMILES string of the molecule is CCOC(=O)C1(N)CCC(n2nc(C)c(Cl)c2C)C1. The van der Waals surface area contributed by atoms with Crippen LogP contribution >= 0.6 is 11.6 Å². The average molecular weight is 286 g/mol. The van der Waals surface area contributed by atoms with Gasteiger partial charge in [-0.05, 0) is 40.0 Å². The molecule has 1 saturated carbocycles. The molecule has 6 heteroatoms. The summed E-state index contributed by atoms with van der Waals surface area (Å²) in [5.74, 6) is -0.315. The lowest BCUT2D eigenvalue weighted by Gasteiger charge is -2.21. The highest BCUT2D eigenvalue weighted by atomic mass is 35.5. The zero-order valence-electron chi connectivity index (χ0n) is 11.6. The van der Waals surface area contributed by atoms with Crippen molar-refractivity contribution in [1.82, 2.24) is 9.78 Å². The maximum atomic E-state index is 11.9. The van der Waals surface area contributed by atoms with E-state index in [0.717, 1.165) is 17.8 Å². The summed E-state index contributed by atoms with van der Waals surface area (Å²) in [6.07, 6.45) is 1.98. The van der Waals surface area contributed by atoms with E-state index in [0.29, 0.717) is 24.5 Å². The van der Waals surface area contributed by atoms with Gasteiger partial charge >= 0.3 is 5.97 Å². The molecule has 1 heterocycles. The number of aryl methyl sites for hydroxylation is 1. The second-order valence-corrected chi connectivity index (χ2v) is 5.58. The molecule has 0 radical (unpaired) electrons. The fourth-order valence-corrected chi connectivity index (χ4v) is 2.84. The Morgan fingerprint density at radius 3 is 2.84 bits per heavy atom. The van der Waals surface area contributed by atoms with Crippen molar-refractivity contribution in [3.63, 3.8) is 0 Å². The van der Waals surface area contributed by atoms with Gasteiger partial charge in [-0.1, -0.05) is 11.6 Å². The number of carbonyl (C=O) groups is 1. The number of rotatable bonds is 3. The smallest absolute Gasteiger partial charge is 0.326 e. The van der Waals surface area contributed by atoms with Crippen molar-refractivity contribution >= 4 is 17.6 Å². The highest BCUT2D eigenvalue weighted by Crippen LogP contribution is 2.38. The third-order valence-electron chi connectivity index (χ3n) is 3.79. The monoisotopic (exact) mass is 285 g/mol. The lowest BCUT2D eigenvalue weighted by Crippen LogP contribution is -2.46. The maximum Gasteiger partial charge on any atom is 0.326 e. The van der Waals surface area contributed by atoms with Gasteiger partial charge in [-0.15, -0.1) is 0 Å². The van der Waals surface area contributed by atoms with E-state index in [-0.39, 0.29) is 12.0 Å². The molecule has 2 unspecified atom stereocenters. The van der Waals surface area contributed by atoms with Crippen molar-refractivity contribution < 1.29 is 9.53 Å².